The van der Waals surface area contributed by atoms with Crippen LogP contribution in [0.4, 0.5) is 0 Å². The first-order valence-electron chi connectivity index (χ1n) is 12.1. The van der Waals surface area contributed by atoms with Crippen LogP contribution in [0.2, 0.25) is 0 Å². The van der Waals surface area contributed by atoms with Crippen molar-refractivity contribution in [2.24, 2.45) is 5.92 Å². The molecule has 0 spiro atoms. The molecule has 0 saturated carbocycles. The molecule has 2 heterocycles. The number of esters is 1. The molecule has 182 valence electrons. The van der Waals surface area contributed by atoms with Crippen LogP contribution in [-0.2, 0) is 9.53 Å². The zero-order chi connectivity index (χ0) is 24.8. The maximum absolute atomic E-state index is 13.6. The molecule has 1 saturated heterocycles. The molecule has 0 aliphatic carbocycles. The summed E-state index contributed by atoms with van der Waals surface area (Å²) in [4.78, 5) is 36.7. The number of aromatic nitrogens is 2. The molecule has 1 aromatic heterocycles. The molecule has 35 heavy (non-hydrogen) atoms. The van der Waals surface area contributed by atoms with Gasteiger partial charge in [-0.25, -0.2) is 4.98 Å². The Kier molecular flexibility index (Phi) is 7.75. The third-order valence-corrected chi connectivity index (χ3v) is 6.09. The van der Waals surface area contributed by atoms with Crippen molar-refractivity contribution in [3.63, 3.8) is 0 Å². The zero-order valence-corrected chi connectivity index (χ0v) is 20.4. The lowest BCUT2D eigenvalue weighted by molar-refractivity contribution is -0.149. The topological polar surface area (TPSA) is 81.6 Å². The molecule has 4 rings (SSSR count). The van der Waals surface area contributed by atoms with E-state index in [0.29, 0.717) is 37.7 Å². The summed E-state index contributed by atoms with van der Waals surface area (Å²) >= 11 is 0. The van der Waals surface area contributed by atoms with Crippen LogP contribution in [0.1, 0.15) is 55.5 Å². The number of piperidine rings is 1. The predicted octanol–water partition coefficient (Wildman–Crippen LogP) is 5.47. The van der Waals surface area contributed by atoms with Crippen molar-refractivity contribution in [2.75, 3.05) is 19.7 Å². The molecular formula is C28H31N3O4. The minimum Gasteiger partial charge on any atom is -0.466 e. The number of nitrogens with zero attached hydrogens (tertiary/aromatic N) is 3. The van der Waals surface area contributed by atoms with Crippen LogP contribution in [0.3, 0.4) is 0 Å². The monoisotopic (exact) mass is 473 g/mol. The molecule has 1 amide bonds. The second kappa shape index (κ2) is 11.1. The summed E-state index contributed by atoms with van der Waals surface area (Å²) in [5.74, 6) is 0.713. The fraction of sp³-hybridized carbons (Fsp3) is 0.357. The fourth-order valence-electron chi connectivity index (χ4n) is 4.26. The molecule has 1 fully saturated rings. The summed E-state index contributed by atoms with van der Waals surface area (Å²) in [5.41, 5.74) is 2.12. The molecule has 2 aromatic carbocycles. The lowest BCUT2D eigenvalue weighted by atomic mass is 9.97. The number of likely N-dealkylation sites (tertiary alicyclic amines) is 1. The van der Waals surface area contributed by atoms with Crippen LogP contribution >= 0.6 is 0 Å². The quantitative estimate of drug-likeness (QED) is 0.423. The highest BCUT2D eigenvalue weighted by Gasteiger charge is 2.32. The van der Waals surface area contributed by atoms with Gasteiger partial charge in [-0.05, 0) is 37.3 Å². The van der Waals surface area contributed by atoms with Gasteiger partial charge in [0.05, 0.1) is 12.5 Å². The minimum atomic E-state index is -0.330. The van der Waals surface area contributed by atoms with Crippen molar-refractivity contribution in [1.29, 1.82) is 0 Å². The van der Waals surface area contributed by atoms with Gasteiger partial charge in [-0.15, -0.1) is 0 Å². The largest absolute Gasteiger partial charge is 0.466 e. The van der Waals surface area contributed by atoms with E-state index in [2.05, 4.69) is 23.8 Å². The van der Waals surface area contributed by atoms with E-state index in [1.54, 1.807) is 11.8 Å². The van der Waals surface area contributed by atoms with Crippen LogP contribution < -0.4 is 4.74 Å². The highest BCUT2D eigenvalue weighted by Crippen LogP contribution is 2.33. The number of carbonyl (C=O) groups is 2. The zero-order valence-electron chi connectivity index (χ0n) is 20.4. The lowest BCUT2D eigenvalue weighted by Gasteiger charge is -2.31. The first kappa shape index (κ1) is 24.4. The average molecular weight is 474 g/mol. The van der Waals surface area contributed by atoms with Gasteiger partial charge in [0.25, 0.3) is 5.91 Å². The summed E-state index contributed by atoms with van der Waals surface area (Å²) in [5, 5.41) is 0. The molecular weight excluding hydrogens is 442 g/mol. The average Bonchev–Trinajstić information content (AvgIpc) is 2.89. The Hall–Kier alpha value is -3.74. The van der Waals surface area contributed by atoms with Gasteiger partial charge in [-0.1, -0.05) is 62.4 Å². The van der Waals surface area contributed by atoms with Crippen molar-refractivity contribution in [2.45, 2.75) is 39.5 Å². The van der Waals surface area contributed by atoms with Crippen LogP contribution in [0.5, 0.6) is 11.6 Å². The molecule has 7 heteroatoms. The van der Waals surface area contributed by atoms with Gasteiger partial charge >= 0.3 is 5.97 Å². The van der Waals surface area contributed by atoms with Crippen molar-refractivity contribution >= 4 is 11.9 Å². The van der Waals surface area contributed by atoms with E-state index < -0.39 is 0 Å². The number of para-hydroxylation sites is 1. The summed E-state index contributed by atoms with van der Waals surface area (Å²) in [7, 11) is 0. The Bertz CT molecular complexity index is 1180. The number of hydrogen-bond donors (Lipinski definition) is 0. The Balaban J connectivity index is 1.69. The van der Waals surface area contributed by atoms with Crippen LogP contribution in [0, 0.1) is 5.92 Å². The third kappa shape index (κ3) is 5.67. The SMILES string of the molecule is CCOC(=O)C1CCCN(C(=O)c2cnc(-c3ccccc3)nc2Oc2ccccc2C(C)C)C1. The standard InChI is InChI=1S/C28H31N3O4/c1-4-34-28(33)21-13-10-16-31(18-21)27(32)23-17-29-25(20-11-6-5-7-12-20)30-26(23)35-24-15-9-8-14-22(24)19(2)3/h5-9,11-12,14-15,17,19,21H,4,10,13,16,18H2,1-3H3. The number of ether oxygens (including phenoxy) is 2. The summed E-state index contributed by atoms with van der Waals surface area (Å²) < 4.78 is 11.5. The molecule has 1 aliphatic rings. The summed E-state index contributed by atoms with van der Waals surface area (Å²) in [6, 6.07) is 17.3. The van der Waals surface area contributed by atoms with Crippen molar-refractivity contribution in [3.05, 3.63) is 71.9 Å². The number of amides is 1. The highest BCUT2D eigenvalue weighted by atomic mass is 16.5. The van der Waals surface area contributed by atoms with Crippen LogP contribution in [0.25, 0.3) is 11.4 Å². The lowest BCUT2D eigenvalue weighted by Crippen LogP contribution is -2.43. The number of rotatable bonds is 7. The maximum atomic E-state index is 13.6. The van der Waals surface area contributed by atoms with Crippen LogP contribution in [-0.4, -0.2) is 46.4 Å². The van der Waals surface area contributed by atoms with Gasteiger partial charge in [-0.2, -0.15) is 4.98 Å². The first-order valence-corrected chi connectivity index (χ1v) is 12.1. The third-order valence-electron chi connectivity index (χ3n) is 6.09. The van der Waals surface area contributed by atoms with Gasteiger partial charge in [0, 0.05) is 24.8 Å². The Morgan fingerprint density at radius 3 is 2.57 bits per heavy atom. The van der Waals surface area contributed by atoms with Crippen molar-refractivity contribution < 1.29 is 19.1 Å². The van der Waals surface area contributed by atoms with Gasteiger partial charge in [0.1, 0.15) is 11.3 Å². The van der Waals surface area contributed by atoms with E-state index in [4.69, 9.17) is 9.47 Å². The molecule has 1 aliphatic heterocycles. The normalized spacial score (nSPS) is 15.7. The smallest absolute Gasteiger partial charge is 0.310 e. The fourth-order valence-corrected chi connectivity index (χ4v) is 4.26. The molecule has 0 radical (unpaired) electrons. The molecule has 3 aromatic rings. The van der Waals surface area contributed by atoms with E-state index in [1.807, 2.05) is 54.6 Å². The predicted molar refractivity (Wildman–Crippen MR) is 133 cm³/mol. The highest BCUT2D eigenvalue weighted by molar-refractivity contribution is 5.96. The van der Waals surface area contributed by atoms with Gasteiger partial charge in [-0.3, -0.25) is 9.59 Å². The van der Waals surface area contributed by atoms with E-state index in [9.17, 15) is 9.59 Å². The molecule has 1 atom stereocenters. The van der Waals surface area contributed by atoms with Crippen LogP contribution in [0.15, 0.2) is 60.8 Å². The maximum Gasteiger partial charge on any atom is 0.310 e. The van der Waals surface area contributed by atoms with E-state index >= 15 is 0 Å². The Morgan fingerprint density at radius 2 is 1.83 bits per heavy atom. The van der Waals surface area contributed by atoms with E-state index in [-0.39, 0.29) is 35.2 Å². The number of hydrogen-bond acceptors (Lipinski definition) is 6. The summed E-state index contributed by atoms with van der Waals surface area (Å²) in [6.07, 6.45) is 2.96. The number of carbonyl (C=O) groups excluding carboxylic acids is 2. The Morgan fingerprint density at radius 1 is 1.09 bits per heavy atom. The van der Waals surface area contributed by atoms with Gasteiger partial charge in [0.15, 0.2) is 5.82 Å². The minimum absolute atomic E-state index is 0.204. The van der Waals surface area contributed by atoms with Crippen molar-refractivity contribution in [1.82, 2.24) is 14.9 Å². The number of benzene rings is 2. The molecule has 1 unspecified atom stereocenters. The second-order valence-electron chi connectivity index (χ2n) is 8.92. The van der Waals surface area contributed by atoms with Crippen molar-refractivity contribution in [3.8, 4) is 23.0 Å². The molecule has 0 N–H and O–H groups in total. The summed E-state index contributed by atoms with van der Waals surface area (Å²) in [6.45, 7) is 7.15. The van der Waals surface area contributed by atoms with Gasteiger partial charge < -0.3 is 14.4 Å². The van der Waals surface area contributed by atoms with Gasteiger partial charge in [0.2, 0.25) is 5.88 Å². The second-order valence-corrected chi connectivity index (χ2v) is 8.92. The molecule has 7 nitrogen and oxygen atoms in total. The Labute approximate surface area is 206 Å². The molecule has 0 bridgehead atoms. The first-order chi connectivity index (χ1) is 17.0. The van der Waals surface area contributed by atoms with E-state index in [0.717, 1.165) is 17.5 Å². The van der Waals surface area contributed by atoms with E-state index in [1.165, 1.54) is 6.20 Å².